The zero-order valence-electron chi connectivity index (χ0n) is 14.7. The molecule has 9 heteroatoms. The minimum Gasteiger partial charge on any atom is -0.491 e. The van der Waals surface area contributed by atoms with Crippen LogP contribution in [0.1, 0.15) is 6.42 Å². The molecule has 3 amide bonds. The zero-order chi connectivity index (χ0) is 20.1. The zero-order valence-corrected chi connectivity index (χ0v) is 14.7. The Morgan fingerprint density at radius 2 is 1.86 bits per heavy atom. The van der Waals surface area contributed by atoms with E-state index in [1.165, 1.54) is 11.0 Å². The van der Waals surface area contributed by atoms with E-state index in [0.717, 1.165) is 12.1 Å². The van der Waals surface area contributed by atoms with Gasteiger partial charge in [0.1, 0.15) is 12.3 Å². The molecule has 0 aliphatic carbocycles. The van der Waals surface area contributed by atoms with Crippen LogP contribution in [0.4, 0.5) is 20.2 Å². The van der Waals surface area contributed by atoms with Gasteiger partial charge in [0.25, 0.3) is 0 Å². The Labute approximate surface area is 159 Å². The number of fused-ring (bicyclic) bond motifs is 1. The van der Waals surface area contributed by atoms with Crippen LogP contribution in [0.2, 0.25) is 0 Å². The number of anilines is 2. The molecule has 146 valence electrons. The standard InChI is InChI=1S/C19H17F2N3O4/c20-13-6-5-12(9-14(13)21)23-17(25)10-22-18(26)11-24-15-3-1-2-4-16(15)28-8-7-19(24)27/h1-6,9H,7-8,10-11H2,(H,22,26)(H,23,25). The average molecular weight is 389 g/mol. The van der Waals surface area contributed by atoms with E-state index in [-0.39, 0.29) is 31.2 Å². The highest BCUT2D eigenvalue weighted by Gasteiger charge is 2.25. The summed E-state index contributed by atoms with van der Waals surface area (Å²) in [5.41, 5.74) is 0.540. The second-order valence-corrected chi connectivity index (χ2v) is 6.00. The number of hydrogen-bond acceptors (Lipinski definition) is 4. The van der Waals surface area contributed by atoms with Gasteiger partial charge in [0, 0.05) is 11.8 Å². The van der Waals surface area contributed by atoms with E-state index in [9.17, 15) is 23.2 Å². The lowest BCUT2D eigenvalue weighted by atomic mass is 10.2. The monoisotopic (exact) mass is 389 g/mol. The summed E-state index contributed by atoms with van der Waals surface area (Å²) in [6.45, 7) is -0.458. The van der Waals surface area contributed by atoms with Crippen LogP contribution in [0.5, 0.6) is 5.75 Å². The number of halogens is 2. The summed E-state index contributed by atoms with van der Waals surface area (Å²) < 4.78 is 31.5. The van der Waals surface area contributed by atoms with Gasteiger partial charge in [-0.15, -0.1) is 0 Å². The van der Waals surface area contributed by atoms with E-state index in [1.807, 2.05) is 0 Å². The van der Waals surface area contributed by atoms with E-state index < -0.39 is 30.0 Å². The molecule has 0 bridgehead atoms. The summed E-state index contributed by atoms with van der Waals surface area (Å²) in [5.74, 6) is -3.07. The molecule has 0 unspecified atom stereocenters. The first-order valence-corrected chi connectivity index (χ1v) is 8.48. The van der Waals surface area contributed by atoms with Crippen LogP contribution in [0.3, 0.4) is 0 Å². The highest BCUT2D eigenvalue weighted by atomic mass is 19.2. The molecule has 0 spiro atoms. The second-order valence-electron chi connectivity index (χ2n) is 6.00. The summed E-state index contributed by atoms with van der Waals surface area (Å²) in [5, 5.41) is 4.74. The van der Waals surface area contributed by atoms with Gasteiger partial charge in [-0.2, -0.15) is 0 Å². The maximum Gasteiger partial charge on any atom is 0.243 e. The summed E-state index contributed by atoms with van der Waals surface area (Å²) in [6, 6.07) is 9.77. The van der Waals surface area contributed by atoms with Crippen LogP contribution in [0.15, 0.2) is 42.5 Å². The Morgan fingerprint density at radius 3 is 2.64 bits per heavy atom. The molecule has 0 saturated heterocycles. The number of carbonyl (C=O) groups is 3. The van der Waals surface area contributed by atoms with Gasteiger partial charge >= 0.3 is 0 Å². The number of carbonyl (C=O) groups excluding carboxylic acids is 3. The van der Waals surface area contributed by atoms with E-state index >= 15 is 0 Å². The molecule has 2 aromatic carbocycles. The Balaban J connectivity index is 1.57. The van der Waals surface area contributed by atoms with Crippen LogP contribution < -0.4 is 20.3 Å². The summed E-state index contributed by atoms with van der Waals surface area (Å²) in [7, 11) is 0. The molecule has 3 rings (SSSR count). The third-order valence-electron chi connectivity index (χ3n) is 3.98. The lowest BCUT2D eigenvalue weighted by Gasteiger charge is -2.21. The van der Waals surface area contributed by atoms with Gasteiger partial charge < -0.3 is 15.4 Å². The number of hydrogen-bond donors (Lipinski definition) is 2. The van der Waals surface area contributed by atoms with Gasteiger partial charge in [0.15, 0.2) is 11.6 Å². The van der Waals surface area contributed by atoms with Crippen LogP contribution >= 0.6 is 0 Å². The van der Waals surface area contributed by atoms with Gasteiger partial charge in [-0.25, -0.2) is 8.78 Å². The molecule has 2 N–H and O–H groups in total. The first-order chi connectivity index (χ1) is 13.4. The van der Waals surface area contributed by atoms with E-state index in [4.69, 9.17) is 4.74 Å². The number of benzene rings is 2. The summed E-state index contributed by atoms with van der Waals surface area (Å²) >= 11 is 0. The predicted octanol–water partition coefficient (Wildman–Crippen LogP) is 1.84. The Hall–Kier alpha value is -3.49. The average Bonchev–Trinajstić information content (AvgIpc) is 2.82. The van der Waals surface area contributed by atoms with E-state index in [0.29, 0.717) is 11.4 Å². The predicted molar refractivity (Wildman–Crippen MR) is 96.9 cm³/mol. The Kier molecular flexibility index (Phi) is 5.83. The first kappa shape index (κ1) is 19.3. The minimum atomic E-state index is -1.10. The van der Waals surface area contributed by atoms with Crippen molar-refractivity contribution in [3.8, 4) is 5.75 Å². The van der Waals surface area contributed by atoms with Gasteiger partial charge in [0.2, 0.25) is 17.7 Å². The van der Waals surface area contributed by atoms with E-state index in [2.05, 4.69) is 10.6 Å². The van der Waals surface area contributed by atoms with Gasteiger partial charge in [-0.3, -0.25) is 19.3 Å². The van der Waals surface area contributed by atoms with Crippen molar-refractivity contribution in [2.24, 2.45) is 0 Å². The van der Waals surface area contributed by atoms with Crippen LogP contribution in [-0.4, -0.2) is 37.4 Å². The fourth-order valence-electron chi connectivity index (χ4n) is 2.65. The molecular weight excluding hydrogens is 372 g/mol. The molecule has 1 aliphatic rings. The van der Waals surface area contributed by atoms with Crippen molar-refractivity contribution in [1.29, 1.82) is 0 Å². The molecule has 0 fully saturated rings. The van der Waals surface area contributed by atoms with Crippen LogP contribution in [0.25, 0.3) is 0 Å². The van der Waals surface area contributed by atoms with Crippen molar-refractivity contribution in [2.45, 2.75) is 6.42 Å². The number of nitrogens with one attached hydrogen (secondary N) is 2. The quantitative estimate of drug-likeness (QED) is 0.817. The first-order valence-electron chi connectivity index (χ1n) is 8.48. The SMILES string of the molecule is O=C(CN1C(=O)CCOc2ccccc21)NCC(=O)Nc1ccc(F)c(F)c1. The molecular formula is C19H17F2N3O4. The van der Waals surface area contributed by atoms with Crippen molar-refractivity contribution in [3.63, 3.8) is 0 Å². The molecule has 28 heavy (non-hydrogen) atoms. The molecule has 0 radical (unpaired) electrons. The highest BCUT2D eigenvalue weighted by molar-refractivity contribution is 6.01. The minimum absolute atomic E-state index is 0.0620. The lowest BCUT2D eigenvalue weighted by molar-refractivity contribution is -0.125. The lowest BCUT2D eigenvalue weighted by Crippen LogP contribution is -2.42. The maximum atomic E-state index is 13.2. The fourth-order valence-corrected chi connectivity index (χ4v) is 2.65. The van der Waals surface area contributed by atoms with Gasteiger partial charge in [0.05, 0.1) is 25.3 Å². The molecule has 0 aromatic heterocycles. The number of nitrogens with zero attached hydrogens (tertiary/aromatic N) is 1. The van der Waals surface area contributed by atoms with Crippen molar-refractivity contribution >= 4 is 29.1 Å². The third-order valence-corrected chi connectivity index (χ3v) is 3.98. The number of para-hydroxylation sites is 2. The fraction of sp³-hybridized carbons (Fsp3) is 0.211. The van der Waals surface area contributed by atoms with Crippen molar-refractivity contribution in [1.82, 2.24) is 5.32 Å². The molecule has 1 heterocycles. The van der Waals surface area contributed by atoms with Crippen molar-refractivity contribution in [2.75, 3.05) is 29.9 Å². The van der Waals surface area contributed by atoms with Crippen LogP contribution in [0, 0.1) is 11.6 Å². The highest BCUT2D eigenvalue weighted by Crippen LogP contribution is 2.30. The summed E-state index contributed by atoms with van der Waals surface area (Å²) in [4.78, 5) is 37.6. The largest absolute Gasteiger partial charge is 0.491 e. The molecule has 1 aliphatic heterocycles. The third kappa shape index (κ3) is 4.61. The summed E-state index contributed by atoms with van der Waals surface area (Å²) in [6.07, 6.45) is 0.124. The Morgan fingerprint density at radius 1 is 1.07 bits per heavy atom. The smallest absolute Gasteiger partial charge is 0.243 e. The molecule has 0 atom stereocenters. The molecule has 2 aromatic rings. The topological polar surface area (TPSA) is 87.7 Å². The van der Waals surface area contributed by atoms with E-state index in [1.54, 1.807) is 24.3 Å². The maximum absolute atomic E-state index is 13.2. The number of rotatable bonds is 5. The van der Waals surface area contributed by atoms with Crippen molar-refractivity contribution < 1.29 is 27.9 Å². The number of amides is 3. The molecule has 7 nitrogen and oxygen atoms in total. The molecule has 0 saturated carbocycles. The Bertz CT molecular complexity index is 920. The van der Waals surface area contributed by atoms with Crippen LogP contribution in [-0.2, 0) is 14.4 Å². The second kappa shape index (κ2) is 8.47. The van der Waals surface area contributed by atoms with Crippen molar-refractivity contribution in [3.05, 3.63) is 54.1 Å². The van der Waals surface area contributed by atoms with Gasteiger partial charge in [-0.05, 0) is 24.3 Å². The number of ether oxygens (including phenoxy) is 1. The normalized spacial score (nSPS) is 13.2. The van der Waals surface area contributed by atoms with Gasteiger partial charge in [-0.1, -0.05) is 12.1 Å².